The van der Waals surface area contributed by atoms with E-state index in [1.54, 1.807) is 13.0 Å². The van der Waals surface area contributed by atoms with Gasteiger partial charge in [-0.25, -0.2) is 0 Å². The van der Waals surface area contributed by atoms with Gasteiger partial charge >= 0.3 is 0 Å². The number of hydrogen-bond donors (Lipinski definition) is 1. The van der Waals surface area contributed by atoms with Crippen LogP contribution in [-0.2, 0) is 0 Å². The van der Waals surface area contributed by atoms with Gasteiger partial charge in [-0.1, -0.05) is 26.0 Å². The van der Waals surface area contributed by atoms with Gasteiger partial charge in [0.2, 0.25) is 0 Å². The molecule has 1 heterocycles. The van der Waals surface area contributed by atoms with Crippen molar-refractivity contribution < 1.29 is 14.6 Å². The van der Waals surface area contributed by atoms with E-state index < -0.39 is 5.60 Å². The fourth-order valence-corrected chi connectivity index (χ4v) is 2.42. The second-order valence-electron chi connectivity index (χ2n) is 5.87. The van der Waals surface area contributed by atoms with E-state index in [-0.39, 0.29) is 11.7 Å². The Balaban J connectivity index is 1.79. The van der Waals surface area contributed by atoms with Crippen molar-refractivity contribution in [1.82, 2.24) is 4.90 Å². The molecule has 0 spiro atoms. The van der Waals surface area contributed by atoms with E-state index in [1.807, 2.05) is 32.0 Å². The van der Waals surface area contributed by atoms with Crippen LogP contribution in [0.25, 0.3) is 0 Å². The Bertz CT molecular complexity index is 478. The third-order valence-corrected chi connectivity index (χ3v) is 4.00. The zero-order valence-electron chi connectivity index (χ0n) is 12.4. The molecule has 1 N–H and O–H groups in total. The van der Waals surface area contributed by atoms with Gasteiger partial charge in [-0.05, 0) is 25.0 Å². The number of ketones is 1. The number of ether oxygens (including phenoxy) is 1. The third-order valence-electron chi connectivity index (χ3n) is 4.00. The average molecular weight is 277 g/mol. The van der Waals surface area contributed by atoms with Crippen molar-refractivity contribution >= 4 is 5.78 Å². The van der Waals surface area contributed by atoms with E-state index >= 15 is 0 Å². The van der Waals surface area contributed by atoms with E-state index in [1.165, 1.54) is 0 Å². The number of carbonyl (C=O) groups excluding carboxylic acids is 1. The van der Waals surface area contributed by atoms with E-state index in [2.05, 4.69) is 4.90 Å². The molecule has 20 heavy (non-hydrogen) atoms. The summed E-state index contributed by atoms with van der Waals surface area (Å²) in [6, 6.07) is 7.29. The monoisotopic (exact) mass is 277 g/mol. The first-order valence-corrected chi connectivity index (χ1v) is 7.10. The number of β-amino-alcohol motifs (C(OH)–C–C–N with tert-alkyl or cyclic N) is 1. The summed E-state index contributed by atoms with van der Waals surface area (Å²) in [5.74, 6) is 0.927. The Morgan fingerprint density at radius 1 is 1.40 bits per heavy atom. The first kappa shape index (κ1) is 15.0. The summed E-state index contributed by atoms with van der Waals surface area (Å²) in [6.45, 7) is 8.30. The Morgan fingerprint density at radius 3 is 2.65 bits per heavy atom. The molecule has 0 unspecified atom stereocenters. The molecule has 1 aliphatic rings. The van der Waals surface area contributed by atoms with Crippen LogP contribution in [0.1, 0.15) is 31.1 Å². The van der Waals surface area contributed by atoms with Gasteiger partial charge in [-0.2, -0.15) is 0 Å². The van der Waals surface area contributed by atoms with Crippen LogP contribution in [0.2, 0.25) is 0 Å². The highest BCUT2D eigenvalue weighted by Crippen LogP contribution is 2.28. The van der Waals surface area contributed by atoms with Gasteiger partial charge < -0.3 is 9.84 Å². The van der Waals surface area contributed by atoms with Crippen LogP contribution in [0.15, 0.2) is 24.3 Å². The predicted octanol–water partition coefficient (Wildman–Crippen LogP) is 1.97. The third kappa shape index (κ3) is 3.19. The fourth-order valence-electron chi connectivity index (χ4n) is 2.42. The molecule has 4 nitrogen and oxygen atoms in total. The first-order valence-electron chi connectivity index (χ1n) is 7.10. The summed E-state index contributed by atoms with van der Waals surface area (Å²) >= 11 is 0. The number of aliphatic hydroxyl groups is 1. The lowest BCUT2D eigenvalue weighted by Gasteiger charge is -2.49. The molecule has 0 radical (unpaired) electrons. The van der Waals surface area contributed by atoms with Gasteiger partial charge in [-0.15, -0.1) is 0 Å². The highest BCUT2D eigenvalue weighted by Gasteiger charge is 2.43. The maximum absolute atomic E-state index is 11.5. The maximum Gasteiger partial charge on any atom is 0.163 e. The molecule has 1 fully saturated rings. The number of rotatable bonds is 6. The number of benzene rings is 1. The summed E-state index contributed by atoms with van der Waals surface area (Å²) in [6.07, 6.45) is 0. The molecule has 0 bridgehead atoms. The molecule has 0 aromatic heterocycles. The second kappa shape index (κ2) is 5.94. The molecule has 110 valence electrons. The summed E-state index contributed by atoms with van der Waals surface area (Å²) in [4.78, 5) is 13.6. The van der Waals surface area contributed by atoms with Gasteiger partial charge in [0.1, 0.15) is 12.4 Å². The van der Waals surface area contributed by atoms with E-state index in [0.717, 1.165) is 6.54 Å². The Kier molecular flexibility index (Phi) is 4.45. The van der Waals surface area contributed by atoms with Crippen LogP contribution in [0.3, 0.4) is 0 Å². The zero-order valence-corrected chi connectivity index (χ0v) is 12.4. The lowest BCUT2D eigenvalue weighted by molar-refractivity contribution is -0.129. The highest BCUT2D eigenvalue weighted by atomic mass is 16.5. The van der Waals surface area contributed by atoms with Crippen molar-refractivity contribution in [3.05, 3.63) is 29.8 Å². The van der Waals surface area contributed by atoms with Gasteiger partial charge in [0, 0.05) is 19.6 Å². The quantitative estimate of drug-likeness (QED) is 0.808. The van der Waals surface area contributed by atoms with Crippen molar-refractivity contribution in [2.45, 2.75) is 26.4 Å². The van der Waals surface area contributed by atoms with Gasteiger partial charge in [-0.3, -0.25) is 9.69 Å². The minimum atomic E-state index is -0.544. The smallest absolute Gasteiger partial charge is 0.163 e. The molecule has 4 heteroatoms. The highest BCUT2D eigenvalue weighted by molar-refractivity contribution is 5.96. The van der Waals surface area contributed by atoms with Crippen molar-refractivity contribution in [3.8, 4) is 5.75 Å². The van der Waals surface area contributed by atoms with Gasteiger partial charge in [0.05, 0.1) is 11.2 Å². The minimum Gasteiger partial charge on any atom is -0.491 e. The maximum atomic E-state index is 11.5. The van der Waals surface area contributed by atoms with Crippen LogP contribution in [0, 0.1) is 5.92 Å². The summed E-state index contributed by atoms with van der Waals surface area (Å²) in [5.41, 5.74) is 0.0758. The summed E-state index contributed by atoms with van der Waals surface area (Å²) in [7, 11) is 0. The topological polar surface area (TPSA) is 49.8 Å². The lowest BCUT2D eigenvalue weighted by atomic mass is 9.83. The van der Waals surface area contributed by atoms with Crippen molar-refractivity contribution in [2.24, 2.45) is 5.92 Å². The molecule has 0 aliphatic carbocycles. The number of nitrogens with zero attached hydrogens (tertiary/aromatic N) is 1. The molecular formula is C16H23NO3. The Hall–Kier alpha value is -1.39. The van der Waals surface area contributed by atoms with E-state index in [0.29, 0.717) is 31.0 Å². The second-order valence-corrected chi connectivity index (χ2v) is 5.87. The van der Waals surface area contributed by atoms with Crippen LogP contribution in [-0.4, -0.2) is 47.6 Å². The van der Waals surface area contributed by atoms with Crippen molar-refractivity contribution in [1.29, 1.82) is 0 Å². The normalized spacial score (nSPS) is 17.9. The molecule has 0 amide bonds. The van der Waals surface area contributed by atoms with Crippen LogP contribution < -0.4 is 4.74 Å². The fraction of sp³-hybridized carbons (Fsp3) is 0.562. The molecule has 1 aliphatic heterocycles. The molecule has 0 atom stereocenters. The van der Waals surface area contributed by atoms with Gasteiger partial charge in [0.15, 0.2) is 5.78 Å². The van der Waals surface area contributed by atoms with Crippen molar-refractivity contribution in [2.75, 3.05) is 26.2 Å². The number of likely N-dealkylation sites (tertiary alicyclic amines) is 1. The molecule has 0 saturated carbocycles. The van der Waals surface area contributed by atoms with Gasteiger partial charge in [0.25, 0.3) is 0 Å². The predicted molar refractivity (Wildman–Crippen MR) is 78.2 cm³/mol. The summed E-state index contributed by atoms with van der Waals surface area (Å²) in [5, 5.41) is 10.2. The van der Waals surface area contributed by atoms with Crippen molar-refractivity contribution in [3.63, 3.8) is 0 Å². The van der Waals surface area contributed by atoms with E-state index in [4.69, 9.17) is 4.74 Å². The molecular weight excluding hydrogens is 254 g/mol. The zero-order chi connectivity index (χ0) is 14.8. The largest absolute Gasteiger partial charge is 0.491 e. The lowest BCUT2D eigenvalue weighted by Crippen LogP contribution is -2.64. The molecule has 2 rings (SSSR count). The number of carbonyl (C=O) groups is 1. The average Bonchev–Trinajstić information content (AvgIpc) is 2.36. The number of Topliss-reactive ketones (excluding diaryl/α,β-unsaturated/α-hetero) is 1. The van der Waals surface area contributed by atoms with Crippen LogP contribution in [0.4, 0.5) is 0 Å². The molecule has 1 aromatic rings. The minimum absolute atomic E-state index is 0.0127. The SMILES string of the molecule is CC(=O)c1ccccc1OCCN1CC(O)(C(C)C)C1. The molecule has 1 saturated heterocycles. The number of hydrogen-bond acceptors (Lipinski definition) is 4. The first-order chi connectivity index (χ1) is 9.42. The number of para-hydroxylation sites is 1. The molecule has 1 aromatic carbocycles. The Morgan fingerprint density at radius 2 is 2.05 bits per heavy atom. The van der Waals surface area contributed by atoms with Crippen LogP contribution in [0.5, 0.6) is 5.75 Å². The standard InChI is InChI=1S/C16H23NO3/c1-12(2)16(19)10-17(11-16)8-9-20-15-7-5-4-6-14(15)13(3)18/h4-7,12,19H,8-11H2,1-3H3. The summed E-state index contributed by atoms with van der Waals surface area (Å²) < 4.78 is 5.69. The Labute approximate surface area is 120 Å². The van der Waals surface area contributed by atoms with Crippen LogP contribution >= 0.6 is 0 Å². The van der Waals surface area contributed by atoms with E-state index in [9.17, 15) is 9.90 Å².